The summed E-state index contributed by atoms with van der Waals surface area (Å²) in [7, 11) is 4.70. The maximum atomic E-state index is 13.0. The summed E-state index contributed by atoms with van der Waals surface area (Å²) >= 11 is 3.42. The van der Waals surface area contributed by atoms with Crippen LogP contribution in [0.5, 0.6) is 17.2 Å². The molecule has 2 aromatic rings. The molecule has 1 aliphatic rings. The predicted octanol–water partition coefficient (Wildman–Crippen LogP) is 4.96. The van der Waals surface area contributed by atoms with E-state index in [-0.39, 0.29) is 5.91 Å². The van der Waals surface area contributed by atoms with E-state index in [0.717, 1.165) is 16.5 Å². The summed E-state index contributed by atoms with van der Waals surface area (Å²) in [5, 5.41) is 11.6. The Kier molecular flexibility index (Phi) is 6.59. The Morgan fingerprint density at radius 3 is 2.24 bits per heavy atom. The number of benzene rings is 2. The van der Waals surface area contributed by atoms with Gasteiger partial charge in [0.25, 0.3) is 5.91 Å². The van der Waals surface area contributed by atoms with Gasteiger partial charge < -0.3 is 19.5 Å². The minimum absolute atomic E-state index is 0.214. The largest absolute Gasteiger partial charge is 0.497 e. The summed E-state index contributed by atoms with van der Waals surface area (Å²) in [6, 6.07) is 10.7. The van der Waals surface area contributed by atoms with Crippen LogP contribution in [0.3, 0.4) is 0 Å². The Bertz CT molecular complexity index is 963. The number of carbonyl (C=O) groups is 1. The Hall–Kier alpha value is -2.80. The van der Waals surface area contributed by atoms with Gasteiger partial charge in [0.15, 0.2) is 0 Å². The molecule has 0 aromatic heterocycles. The van der Waals surface area contributed by atoms with Gasteiger partial charge in [0.05, 0.1) is 32.7 Å². The molecule has 29 heavy (non-hydrogen) atoms. The van der Waals surface area contributed by atoms with Crippen LogP contribution in [-0.4, -0.2) is 32.9 Å². The highest BCUT2D eigenvalue weighted by atomic mass is 79.9. The maximum Gasteiger partial charge on any atom is 0.252 e. The Morgan fingerprint density at radius 2 is 1.62 bits per heavy atom. The number of hydrogen-bond donors (Lipinski definition) is 2. The lowest BCUT2D eigenvalue weighted by Gasteiger charge is -2.14. The lowest BCUT2D eigenvalue weighted by atomic mass is 9.98. The fourth-order valence-electron chi connectivity index (χ4n) is 3.37. The van der Waals surface area contributed by atoms with E-state index in [1.54, 1.807) is 51.7 Å². The van der Waals surface area contributed by atoms with E-state index >= 15 is 0 Å². The van der Waals surface area contributed by atoms with E-state index in [4.69, 9.17) is 19.6 Å². The smallest absolute Gasteiger partial charge is 0.252 e. The van der Waals surface area contributed by atoms with E-state index < -0.39 is 0 Å². The fraction of sp³-hybridized carbons (Fsp3) is 0.273. The highest BCUT2D eigenvalue weighted by Crippen LogP contribution is 2.34. The summed E-state index contributed by atoms with van der Waals surface area (Å²) in [6.45, 7) is 0. The molecule has 152 valence electrons. The van der Waals surface area contributed by atoms with Crippen LogP contribution in [0, 0.1) is 5.41 Å². The number of ether oxygens (including phenoxy) is 3. The predicted molar refractivity (Wildman–Crippen MR) is 117 cm³/mol. The average Bonchev–Trinajstić information content (AvgIpc) is 3.23. The van der Waals surface area contributed by atoms with Crippen LogP contribution in [0.15, 0.2) is 52.0 Å². The number of hydrogen-bond acceptors (Lipinski definition) is 5. The van der Waals surface area contributed by atoms with Crippen molar-refractivity contribution in [1.29, 1.82) is 5.41 Å². The van der Waals surface area contributed by atoms with Gasteiger partial charge in [0.1, 0.15) is 17.2 Å². The first kappa shape index (κ1) is 20.9. The monoisotopic (exact) mass is 458 g/mol. The fourth-order valence-corrected chi connectivity index (χ4v) is 3.73. The van der Waals surface area contributed by atoms with Crippen molar-refractivity contribution in [3.63, 3.8) is 0 Å². The highest BCUT2D eigenvalue weighted by Gasteiger charge is 2.25. The molecule has 0 heterocycles. The highest BCUT2D eigenvalue weighted by molar-refractivity contribution is 9.10. The van der Waals surface area contributed by atoms with Crippen LogP contribution < -0.4 is 19.5 Å². The molecule has 0 unspecified atom stereocenters. The molecule has 6 nitrogen and oxygen atoms in total. The molecule has 0 fully saturated rings. The lowest BCUT2D eigenvalue weighted by Crippen LogP contribution is -2.17. The molecule has 0 saturated carbocycles. The molecular formula is C22H23BrN2O4. The van der Waals surface area contributed by atoms with Crippen molar-refractivity contribution in [1.82, 2.24) is 0 Å². The summed E-state index contributed by atoms with van der Waals surface area (Å²) in [5.74, 6) is 1.57. The molecule has 1 amide bonds. The standard InChI is InChI=1S/C22H23BrN2O4/c1-27-15-9-13(10-16(12-15)28-2)21(24)17-5-4-6-18(17)22(26)25-19-11-14(23)7-8-20(19)29-3/h7-12,24H,4-6H2,1-3H3,(H,25,26). The first-order valence-electron chi connectivity index (χ1n) is 9.16. The third kappa shape index (κ3) is 4.62. The van der Waals surface area contributed by atoms with Crippen molar-refractivity contribution in [2.24, 2.45) is 0 Å². The zero-order valence-electron chi connectivity index (χ0n) is 16.6. The molecule has 0 atom stereocenters. The van der Waals surface area contributed by atoms with Gasteiger partial charge in [-0.25, -0.2) is 0 Å². The number of halogens is 1. The molecule has 2 aromatic carbocycles. The second-order valence-electron chi connectivity index (χ2n) is 6.59. The SMILES string of the molecule is COc1cc(OC)cc(C(=N)C2=C(C(=O)Nc3cc(Br)ccc3OC)CCC2)c1. The van der Waals surface area contributed by atoms with Crippen molar-refractivity contribution in [3.8, 4) is 17.2 Å². The number of allylic oxidation sites excluding steroid dienone is 1. The van der Waals surface area contributed by atoms with Crippen LogP contribution in [0.2, 0.25) is 0 Å². The first-order chi connectivity index (χ1) is 14.0. The second kappa shape index (κ2) is 9.13. The average molecular weight is 459 g/mol. The molecule has 0 aliphatic heterocycles. The number of methoxy groups -OCH3 is 3. The van der Waals surface area contributed by atoms with Gasteiger partial charge in [-0.05, 0) is 55.2 Å². The van der Waals surface area contributed by atoms with Gasteiger partial charge in [-0.2, -0.15) is 0 Å². The van der Waals surface area contributed by atoms with E-state index in [9.17, 15) is 4.79 Å². The van der Waals surface area contributed by atoms with Crippen LogP contribution in [0.1, 0.15) is 24.8 Å². The Labute approximate surface area is 178 Å². The van der Waals surface area contributed by atoms with Gasteiger partial charge in [0, 0.05) is 21.7 Å². The normalized spacial score (nSPS) is 13.2. The molecule has 7 heteroatoms. The first-order valence-corrected chi connectivity index (χ1v) is 9.95. The van der Waals surface area contributed by atoms with Crippen LogP contribution in [0.4, 0.5) is 5.69 Å². The molecule has 1 aliphatic carbocycles. The van der Waals surface area contributed by atoms with Gasteiger partial charge >= 0.3 is 0 Å². The Morgan fingerprint density at radius 1 is 0.966 bits per heavy atom. The van der Waals surface area contributed by atoms with Gasteiger partial charge in [-0.15, -0.1) is 0 Å². The van der Waals surface area contributed by atoms with Crippen LogP contribution >= 0.6 is 15.9 Å². The molecule has 0 spiro atoms. The van der Waals surface area contributed by atoms with Crippen molar-refractivity contribution < 1.29 is 19.0 Å². The third-order valence-corrected chi connectivity index (χ3v) is 5.34. The number of nitrogens with one attached hydrogen (secondary N) is 2. The van der Waals surface area contributed by atoms with E-state index in [0.29, 0.717) is 52.6 Å². The van der Waals surface area contributed by atoms with E-state index in [1.165, 1.54) is 0 Å². The second-order valence-corrected chi connectivity index (χ2v) is 7.50. The molecule has 0 radical (unpaired) electrons. The van der Waals surface area contributed by atoms with Crippen molar-refractivity contribution >= 4 is 33.2 Å². The number of anilines is 1. The number of rotatable bonds is 7. The summed E-state index contributed by atoms with van der Waals surface area (Å²) < 4.78 is 16.8. The maximum absolute atomic E-state index is 13.0. The summed E-state index contributed by atoms with van der Waals surface area (Å²) in [5.41, 5.74) is 2.92. The van der Waals surface area contributed by atoms with Gasteiger partial charge in [-0.3, -0.25) is 10.2 Å². The summed E-state index contributed by atoms with van der Waals surface area (Å²) in [6.07, 6.45) is 2.13. The number of carbonyl (C=O) groups excluding carboxylic acids is 1. The Balaban J connectivity index is 1.92. The van der Waals surface area contributed by atoms with Gasteiger partial charge in [-0.1, -0.05) is 15.9 Å². The topological polar surface area (TPSA) is 80.6 Å². The van der Waals surface area contributed by atoms with Crippen molar-refractivity contribution in [3.05, 3.63) is 57.6 Å². The van der Waals surface area contributed by atoms with E-state index in [1.807, 2.05) is 6.07 Å². The zero-order valence-corrected chi connectivity index (χ0v) is 18.2. The lowest BCUT2D eigenvalue weighted by molar-refractivity contribution is -0.113. The molecule has 3 rings (SSSR count). The minimum atomic E-state index is -0.214. The molecular weight excluding hydrogens is 436 g/mol. The molecule has 2 N–H and O–H groups in total. The minimum Gasteiger partial charge on any atom is -0.497 e. The zero-order chi connectivity index (χ0) is 21.0. The van der Waals surface area contributed by atoms with Crippen molar-refractivity contribution in [2.75, 3.05) is 26.6 Å². The van der Waals surface area contributed by atoms with Gasteiger partial charge in [0.2, 0.25) is 0 Å². The van der Waals surface area contributed by atoms with Crippen LogP contribution in [-0.2, 0) is 4.79 Å². The van der Waals surface area contributed by atoms with Crippen LogP contribution in [0.25, 0.3) is 0 Å². The molecule has 0 saturated heterocycles. The third-order valence-electron chi connectivity index (χ3n) is 4.84. The van der Waals surface area contributed by atoms with E-state index in [2.05, 4.69) is 21.2 Å². The molecule has 0 bridgehead atoms. The summed E-state index contributed by atoms with van der Waals surface area (Å²) in [4.78, 5) is 13.0. The quantitative estimate of drug-likeness (QED) is 0.574. The number of amides is 1. The van der Waals surface area contributed by atoms with Crippen molar-refractivity contribution in [2.45, 2.75) is 19.3 Å².